The second-order valence-electron chi connectivity index (χ2n) is 3.71. The normalized spacial score (nSPS) is 10.8. The molecule has 0 bridgehead atoms. The Hall–Kier alpha value is -1.75. The molecular formula is C12H12F2N2O. The smallest absolute Gasteiger partial charge is 0.181 e. The fourth-order valence-corrected chi connectivity index (χ4v) is 1.63. The van der Waals surface area contributed by atoms with Gasteiger partial charge in [-0.15, -0.1) is 0 Å². The molecule has 1 heterocycles. The summed E-state index contributed by atoms with van der Waals surface area (Å²) in [5.41, 5.74) is 0.692. The number of oxazole rings is 1. The molecule has 2 rings (SSSR count). The van der Waals surface area contributed by atoms with Crippen molar-refractivity contribution in [1.29, 1.82) is 0 Å². The molecule has 0 aliphatic carbocycles. The van der Waals surface area contributed by atoms with Gasteiger partial charge in [-0.2, -0.15) is 0 Å². The summed E-state index contributed by atoms with van der Waals surface area (Å²) in [6.07, 6.45) is 1.18. The van der Waals surface area contributed by atoms with Crippen LogP contribution in [0.5, 0.6) is 0 Å². The summed E-state index contributed by atoms with van der Waals surface area (Å²) < 4.78 is 32.7. The van der Waals surface area contributed by atoms with Gasteiger partial charge in [0.15, 0.2) is 12.2 Å². The van der Waals surface area contributed by atoms with Crippen LogP contribution in [0.3, 0.4) is 0 Å². The van der Waals surface area contributed by atoms with Crippen LogP contribution in [-0.4, -0.2) is 12.0 Å². The lowest BCUT2D eigenvalue weighted by Crippen LogP contribution is -2.07. The molecule has 3 nitrogen and oxygen atoms in total. The number of rotatable bonds is 3. The van der Waals surface area contributed by atoms with Crippen molar-refractivity contribution in [2.24, 2.45) is 0 Å². The highest BCUT2D eigenvalue weighted by Crippen LogP contribution is 2.30. The molecular weight excluding hydrogens is 226 g/mol. The third-order valence-corrected chi connectivity index (χ3v) is 2.50. The number of nitrogens with one attached hydrogen (secondary N) is 1. The van der Waals surface area contributed by atoms with E-state index in [4.69, 9.17) is 4.42 Å². The molecule has 0 saturated carbocycles. The van der Waals surface area contributed by atoms with Crippen molar-refractivity contribution in [1.82, 2.24) is 10.3 Å². The minimum atomic E-state index is -0.651. The van der Waals surface area contributed by atoms with E-state index in [1.807, 2.05) is 0 Å². The lowest BCUT2D eigenvalue weighted by atomic mass is 10.1. The molecule has 1 aromatic carbocycles. The van der Waals surface area contributed by atoms with E-state index in [1.54, 1.807) is 14.0 Å². The summed E-state index contributed by atoms with van der Waals surface area (Å²) in [4.78, 5) is 3.93. The minimum Gasteiger partial charge on any atom is -0.443 e. The van der Waals surface area contributed by atoms with Gasteiger partial charge in [0.1, 0.15) is 17.3 Å². The molecule has 0 unspecified atom stereocenters. The fourth-order valence-electron chi connectivity index (χ4n) is 1.63. The van der Waals surface area contributed by atoms with Crippen LogP contribution in [0.2, 0.25) is 0 Å². The van der Waals surface area contributed by atoms with Gasteiger partial charge in [0.25, 0.3) is 0 Å². The molecule has 0 radical (unpaired) electrons. The molecule has 90 valence electrons. The second kappa shape index (κ2) is 4.63. The zero-order valence-electron chi connectivity index (χ0n) is 9.55. The maximum atomic E-state index is 13.9. The SMILES string of the molecule is CNCc1ncoc1-c1c(F)ccc(C)c1F. The number of hydrogen-bond donors (Lipinski definition) is 1. The van der Waals surface area contributed by atoms with Crippen LogP contribution in [0.15, 0.2) is 22.9 Å². The van der Waals surface area contributed by atoms with Crippen LogP contribution in [0.25, 0.3) is 11.3 Å². The van der Waals surface area contributed by atoms with E-state index in [0.29, 0.717) is 17.8 Å². The third kappa shape index (κ3) is 2.06. The molecule has 5 heteroatoms. The summed E-state index contributed by atoms with van der Waals surface area (Å²) in [5.74, 6) is -1.13. The summed E-state index contributed by atoms with van der Waals surface area (Å²) in [7, 11) is 1.72. The van der Waals surface area contributed by atoms with Crippen LogP contribution in [0, 0.1) is 18.6 Å². The minimum absolute atomic E-state index is 0.137. The average Bonchev–Trinajstić information content (AvgIpc) is 2.73. The van der Waals surface area contributed by atoms with Crippen LogP contribution >= 0.6 is 0 Å². The van der Waals surface area contributed by atoms with Gasteiger partial charge < -0.3 is 9.73 Å². The summed E-state index contributed by atoms with van der Waals surface area (Å²) in [6.45, 7) is 1.96. The van der Waals surface area contributed by atoms with E-state index in [9.17, 15) is 8.78 Å². The average molecular weight is 238 g/mol. The van der Waals surface area contributed by atoms with Gasteiger partial charge in [-0.25, -0.2) is 13.8 Å². The second-order valence-corrected chi connectivity index (χ2v) is 3.71. The predicted molar refractivity (Wildman–Crippen MR) is 59.4 cm³/mol. The van der Waals surface area contributed by atoms with E-state index in [1.165, 1.54) is 18.5 Å². The van der Waals surface area contributed by atoms with Gasteiger partial charge in [0.05, 0.1) is 5.56 Å². The number of hydrogen-bond acceptors (Lipinski definition) is 3. The Labute approximate surface area is 97.5 Å². The number of aryl methyl sites for hydroxylation is 1. The van der Waals surface area contributed by atoms with Crippen molar-refractivity contribution < 1.29 is 13.2 Å². The van der Waals surface area contributed by atoms with E-state index in [2.05, 4.69) is 10.3 Å². The van der Waals surface area contributed by atoms with Crippen LogP contribution in [0.4, 0.5) is 8.78 Å². The predicted octanol–water partition coefficient (Wildman–Crippen LogP) is 2.65. The zero-order valence-corrected chi connectivity index (χ0v) is 9.55. The van der Waals surface area contributed by atoms with Gasteiger partial charge in [-0.05, 0) is 25.6 Å². The quantitative estimate of drug-likeness (QED) is 0.893. The highest BCUT2D eigenvalue weighted by atomic mass is 19.1. The Kier molecular flexibility index (Phi) is 3.19. The lowest BCUT2D eigenvalue weighted by molar-refractivity contribution is 0.539. The molecule has 0 amide bonds. The molecule has 17 heavy (non-hydrogen) atoms. The molecule has 2 aromatic rings. The Morgan fingerprint density at radius 2 is 2.12 bits per heavy atom. The Morgan fingerprint density at radius 1 is 1.35 bits per heavy atom. The molecule has 0 aliphatic heterocycles. The number of halogens is 2. The summed E-state index contributed by atoms with van der Waals surface area (Å²) in [5, 5.41) is 2.87. The first kappa shape index (κ1) is 11.7. The highest BCUT2D eigenvalue weighted by molar-refractivity contribution is 5.62. The Bertz CT molecular complexity index is 537. The first-order valence-electron chi connectivity index (χ1n) is 5.17. The molecule has 0 aliphatic rings. The highest BCUT2D eigenvalue weighted by Gasteiger charge is 2.20. The van der Waals surface area contributed by atoms with E-state index in [-0.39, 0.29) is 11.3 Å². The van der Waals surface area contributed by atoms with E-state index < -0.39 is 11.6 Å². The number of benzene rings is 1. The number of aromatic nitrogens is 1. The van der Waals surface area contributed by atoms with Crippen molar-refractivity contribution in [3.05, 3.63) is 41.4 Å². The van der Waals surface area contributed by atoms with Crippen LogP contribution in [-0.2, 0) is 6.54 Å². The standard InChI is InChI=1S/C12H12F2N2O/c1-7-3-4-8(13)10(11(7)14)12-9(5-15-2)16-6-17-12/h3-4,6,15H,5H2,1-2H3. The first-order chi connectivity index (χ1) is 8.15. The van der Waals surface area contributed by atoms with E-state index in [0.717, 1.165) is 0 Å². The number of nitrogens with zero attached hydrogens (tertiary/aromatic N) is 1. The third-order valence-electron chi connectivity index (χ3n) is 2.50. The van der Waals surface area contributed by atoms with Gasteiger partial charge in [0.2, 0.25) is 0 Å². The fraction of sp³-hybridized carbons (Fsp3) is 0.250. The van der Waals surface area contributed by atoms with Gasteiger partial charge >= 0.3 is 0 Å². The van der Waals surface area contributed by atoms with Crippen molar-refractivity contribution in [2.45, 2.75) is 13.5 Å². The zero-order chi connectivity index (χ0) is 12.4. The van der Waals surface area contributed by atoms with Gasteiger partial charge in [-0.1, -0.05) is 6.07 Å². The van der Waals surface area contributed by atoms with Gasteiger partial charge in [-0.3, -0.25) is 0 Å². The largest absolute Gasteiger partial charge is 0.443 e. The molecule has 0 fully saturated rings. The molecule has 1 aromatic heterocycles. The summed E-state index contributed by atoms with van der Waals surface area (Å²) >= 11 is 0. The molecule has 0 saturated heterocycles. The summed E-state index contributed by atoms with van der Waals surface area (Å²) in [6, 6.07) is 2.61. The van der Waals surface area contributed by atoms with Crippen molar-refractivity contribution in [3.63, 3.8) is 0 Å². The van der Waals surface area contributed by atoms with Crippen molar-refractivity contribution in [3.8, 4) is 11.3 Å². The van der Waals surface area contributed by atoms with Crippen molar-refractivity contribution in [2.75, 3.05) is 7.05 Å². The Morgan fingerprint density at radius 3 is 2.82 bits per heavy atom. The van der Waals surface area contributed by atoms with Crippen LogP contribution in [0.1, 0.15) is 11.3 Å². The van der Waals surface area contributed by atoms with E-state index >= 15 is 0 Å². The molecule has 0 spiro atoms. The maximum Gasteiger partial charge on any atom is 0.181 e. The topological polar surface area (TPSA) is 38.1 Å². The van der Waals surface area contributed by atoms with Crippen LogP contribution < -0.4 is 5.32 Å². The molecule has 0 atom stereocenters. The lowest BCUT2D eigenvalue weighted by Gasteiger charge is -2.06. The van der Waals surface area contributed by atoms with Gasteiger partial charge in [0, 0.05) is 6.54 Å². The maximum absolute atomic E-state index is 13.9. The first-order valence-corrected chi connectivity index (χ1v) is 5.17. The van der Waals surface area contributed by atoms with Crippen molar-refractivity contribution >= 4 is 0 Å². The Balaban J connectivity index is 2.60. The molecule has 1 N–H and O–H groups in total. The monoisotopic (exact) mass is 238 g/mol.